The van der Waals surface area contributed by atoms with E-state index < -0.39 is 6.10 Å². The summed E-state index contributed by atoms with van der Waals surface area (Å²) in [6.45, 7) is 0.519. The van der Waals surface area contributed by atoms with Crippen molar-refractivity contribution in [3.05, 3.63) is 57.0 Å². The molecular weight excluding hydrogens is 377 g/mol. The highest BCUT2D eigenvalue weighted by atomic mass is 79.9. The Morgan fingerprint density at radius 1 is 1.19 bits per heavy atom. The molecule has 0 aliphatic rings. The third-order valence-electron chi connectivity index (χ3n) is 2.72. The number of benzene rings is 2. The first-order valence-corrected chi connectivity index (χ1v) is 7.85. The minimum atomic E-state index is -0.658. The van der Waals surface area contributed by atoms with Gasteiger partial charge in [-0.25, -0.2) is 0 Å². The van der Waals surface area contributed by atoms with Gasteiger partial charge in [-0.1, -0.05) is 35.3 Å². The van der Waals surface area contributed by atoms with Crippen LogP contribution in [0, 0.1) is 0 Å². The molecule has 2 rings (SSSR count). The van der Waals surface area contributed by atoms with Crippen LogP contribution < -0.4 is 10.1 Å². The van der Waals surface area contributed by atoms with Gasteiger partial charge >= 0.3 is 0 Å². The van der Waals surface area contributed by atoms with Crippen molar-refractivity contribution in [2.24, 2.45) is 0 Å². The Bertz CT molecular complexity index is 610. The van der Waals surface area contributed by atoms with E-state index in [4.69, 9.17) is 27.9 Å². The van der Waals surface area contributed by atoms with E-state index >= 15 is 0 Å². The quantitative estimate of drug-likeness (QED) is 0.756. The zero-order valence-electron chi connectivity index (χ0n) is 11.0. The predicted octanol–water partition coefficient (Wildman–Crippen LogP) is 4.61. The van der Waals surface area contributed by atoms with E-state index in [0.717, 1.165) is 10.2 Å². The number of hydrogen-bond acceptors (Lipinski definition) is 3. The van der Waals surface area contributed by atoms with Crippen LogP contribution in [0.1, 0.15) is 0 Å². The van der Waals surface area contributed by atoms with Crippen molar-refractivity contribution in [3.8, 4) is 5.75 Å². The van der Waals surface area contributed by atoms with Gasteiger partial charge in [0.25, 0.3) is 0 Å². The van der Waals surface area contributed by atoms with E-state index in [1.165, 1.54) is 0 Å². The smallest absolute Gasteiger partial charge is 0.120 e. The standard InChI is InChI=1S/C15H14BrCl2NO2/c16-15-13(18)5-2-6-14(15)19-8-11(20)9-21-12-4-1-3-10(17)7-12/h1-7,11,19-20H,8-9H2. The van der Waals surface area contributed by atoms with Gasteiger partial charge in [0.2, 0.25) is 0 Å². The molecule has 0 saturated heterocycles. The minimum absolute atomic E-state index is 0.172. The summed E-state index contributed by atoms with van der Waals surface area (Å²) in [5.41, 5.74) is 0.823. The number of nitrogens with one attached hydrogen (secondary N) is 1. The molecule has 0 fully saturated rings. The topological polar surface area (TPSA) is 41.5 Å². The van der Waals surface area contributed by atoms with Crippen LogP contribution in [0.4, 0.5) is 5.69 Å². The van der Waals surface area contributed by atoms with Gasteiger partial charge in [0.1, 0.15) is 18.5 Å². The van der Waals surface area contributed by atoms with Gasteiger partial charge in [-0.05, 0) is 46.3 Å². The summed E-state index contributed by atoms with van der Waals surface area (Å²) in [6, 6.07) is 12.6. The zero-order valence-corrected chi connectivity index (χ0v) is 14.1. The molecule has 0 saturated carbocycles. The number of aliphatic hydroxyl groups excluding tert-OH is 1. The van der Waals surface area contributed by atoms with Crippen LogP contribution in [-0.4, -0.2) is 24.4 Å². The molecule has 0 aliphatic heterocycles. The summed E-state index contributed by atoms with van der Waals surface area (Å²) < 4.78 is 6.25. The maximum absolute atomic E-state index is 9.93. The van der Waals surface area contributed by atoms with Gasteiger partial charge in [-0.3, -0.25) is 0 Å². The number of ether oxygens (including phenoxy) is 1. The van der Waals surface area contributed by atoms with Crippen molar-refractivity contribution in [2.45, 2.75) is 6.10 Å². The molecule has 0 spiro atoms. The van der Waals surface area contributed by atoms with Crippen molar-refractivity contribution < 1.29 is 9.84 Å². The van der Waals surface area contributed by atoms with Gasteiger partial charge in [-0.2, -0.15) is 0 Å². The third-order valence-corrected chi connectivity index (χ3v) is 4.35. The van der Waals surface area contributed by atoms with Crippen LogP contribution in [0.3, 0.4) is 0 Å². The molecule has 1 unspecified atom stereocenters. The molecule has 0 aliphatic carbocycles. The van der Waals surface area contributed by atoms with E-state index in [-0.39, 0.29) is 6.61 Å². The fourth-order valence-electron chi connectivity index (χ4n) is 1.68. The second-order valence-electron chi connectivity index (χ2n) is 4.40. The summed E-state index contributed by atoms with van der Waals surface area (Å²) in [5.74, 6) is 0.630. The van der Waals surface area contributed by atoms with E-state index in [1.54, 1.807) is 30.3 Å². The van der Waals surface area contributed by atoms with Crippen molar-refractivity contribution in [1.82, 2.24) is 0 Å². The van der Waals surface area contributed by atoms with Crippen LogP contribution >= 0.6 is 39.1 Å². The zero-order chi connectivity index (χ0) is 15.2. The van der Waals surface area contributed by atoms with Crippen LogP contribution in [-0.2, 0) is 0 Å². The van der Waals surface area contributed by atoms with Gasteiger partial charge in [-0.15, -0.1) is 0 Å². The highest BCUT2D eigenvalue weighted by molar-refractivity contribution is 9.10. The van der Waals surface area contributed by atoms with Gasteiger partial charge < -0.3 is 15.2 Å². The second kappa shape index (κ2) is 7.90. The van der Waals surface area contributed by atoms with Crippen LogP contribution in [0.25, 0.3) is 0 Å². The molecule has 0 radical (unpaired) electrons. The fraction of sp³-hybridized carbons (Fsp3) is 0.200. The predicted molar refractivity (Wildman–Crippen MR) is 90.6 cm³/mol. The Balaban J connectivity index is 1.82. The molecular formula is C15H14BrCl2NO2. The first-order chi connectivity index (χ1) is 10.1. The second-order valence-corrected chi connectivity index (χ2v) is 6.04. The molecule has 2 N–H and O–H groups in total. The number of hydrogen-bond donors (Lipinski definition) is 2. The largest absolute Gasteiger partial charge is 0.491 e. The molecule has 0 aromatic heterocycles. The Morgan fingerprint density at radius 3 is 2.71 bits per heavy atom. The van der Waals surface area contributed by atoms with Crippen molar-refractivity contribution in [2.75, 3.05) is 18.5 Å². The minimum Gasteiger partial charge on any atom is -0.491 e. The number of halogens is 3. The van der Waals surface area contributed by atoms with E-state index in [0.29, 0.717) is 22.3 Å². The molecule has 6 heteroatoms. The summed E-state index contributed by atoms with van der Waals surface area (Å²) in [7, 11) is 0. The van der Waals surface area contributed by atoms with Crippen molar-refractivity contribution in [3.63, 3.8) is 0 Å². The van der Waals surface area contributed by atoms with Crippen LogP contribution in [0.5, 0.6) is 5.75 Å². The van der Waals surface area contributed by atoms with Crippen LogP contribution in [0.15, 0.2) is 46.9 Å². The fourth-order valence-corrected chi connectivity index (χ4v) is 2.44. The Hall–Kier alpha value is -0.940. The summed E-state index contributed by atoms with van der Waals surface area (Å²) in [5, 5.41) is 14.3. The number of anilines is 1. The van der Waals surface area contributed by atoms with Crippen LogP contribution in [0.2, 0.25) is 10.0 Å². The molecule has 0 bridgehead atoms. The van der Waals surface area contributed by atoms with E-state index in [9.17, 15) is 5.11 Å². The lowest BCUT2D eigenvalue weighted by Crippen LogP contribution is -2.26. The average molecular weight is 391 g/mol. The molecule has 2 aromatic rings. The molecule has 21 heavy (non-hydrogen) atoms. The monoisotopic (exact) mass is 389 g/mol. The van der Waals surface area contributed by atoms with Crippen molar-refractivity contribution >= 4 is 44.8 Å². The molecule has 1 atom stereocenters. The third kappa shape index (κ3) is 5.08. The lowest BCUT2D eigenvalue weighted by Gasteiger charge is -2.15. The Labute approximate surface area is 142 Å². The summed E-state index contributed by atoms with van der Waals surface area (Å²) in [4.78, 5) is 0. The normalized spacial score (nSPS) is 12.0. The lowest BCUT2D eigenvalue weighted by molar-refractivity contribution is 0.117. The van der Waals surface area contributed by atoms with Crippen molar-refractivity contribution in [1.29, 1.82) is 0 Å². The maximum Gasteiger partial charge on any atom is 0.120 e. The SMILES string of the molecule is OC(CNc1cccc(Cl)c1Br)COc1cccc(Cl)c1. The highest BCUT2D eigenvalue weighted by Crippen LogP contribution is 2.29. The molecule has 112 valence electrons. The Morgan fingerprint density at radius 2 is 1.95 bits per heavy atom. The summed E-state index contributed by atoms with van der Waals surface area (Å²) >= 11 is 15.3. The van der Waals surface area contributed by atoms with E-state index in [1.807, 2.05) is 12.1 Å². The van der Waals surface area contributed by atoms with Gasteiger partial charge in [0, 0.05) is 11.6 Å². The molecule has 0 amide bonds. The average Bonchev–Trinajstić information content (AvgIpc) is 2.47. The first-order valence-electron chi connectivity index (χ1n) is 6.30. The number of aliphatic hydroxyl groups is 1. The first kappa shape index (κ1) is 16.4. The molecule has 3 nitrogen and oxygen atoms in total. The number of rotatable bonds is 6. The molecule has 2 aromatic carbocycles. The summed E-state index contributed by atoms with van der Waals surface area (Å²) in [6.07, 6.45) is -0.658. The Kier molecular flexibility index (Phi) is 6.18. The van der Waals surface area contributed by atoms with Gasteiger partial charge in [0.05, 0.1) is 15.2 Å². The molecule has 0 heterocycles. The van der Waals surface area contributed by atoms with Gasteiger partial charge in [0.15, 0.2) is 0 Å². The highest BCUT2D eigenvalue weighted by Gasteiger charge is 2.08. The maximum atomic E-state index is 9.93. The lowest BCUT2D eigenvalue weighted by atomic mass is 10.3. The van der Waals surface area contributed by atoms with E-state index in [2.05, 4.69) is 21.2 Å².